The molecule has 3 heteroatoms. The monoisotopic (exact) mass is 201 g/mol. The quantitative estimate of drug-likeness (QED) is 0.794. The summed E-state index contributed by atoms with van der Waals surface area (Å²) in [5.41, 5.74) is 1.34. The molecule has 2 heterocycles. The average Bonchev–Trinajstić information content (AvgIpc) is 2.59. The fourth-order valence-corrected chi connectivity index (χ4v) is 1.84. The molecule has 2 nitrogen and oxygen atoms in total. The molecule has 0 radical (unpaired) electrons. The topological polar surface area (TPSA) is 25.2 Å². The minimum atomic E-state index is 0. The molecular formula is C10H16ClNO. The summed E-state index contributed by atoms with van der Waals surface area (Å²) in [6.45, 7) is 2.37. The van der Waals surface area contributed by atoms with E-state index in [1.54, 1.807) is 6.26 Å². The molecule has 1 aliphatic heterocycles. The highest BCUT2D eigenvalue weighted by Gasteiger charge is 2.13. The summed E-state index contributed by atoms with van der Waals surface area (Å²) in [5.74, 6) is 0.816. The standard InChI is InChI=1S/C10H15NO.ClH/c1-2-9(7-11-4-1)6-10-3-5-12-8-10;/h3,5,8-9,11H,1-2,4,6-7H2;1H/t9-;/m1./s1. The van der Waals surface area contributed by atoms with Gasteiger partial charge in [-0.3, -0.25) is 0 Å². The van der Waals surface area contributed by atoms with E-state index in [1.807, 2.05) is 6.26 Å². The van der Waals surface area contributed by atoms with Crippen LogP contribution in [0.25, 0.3) is 0 Å². The fourth-order valence-electron chi connectivity index (χ4n) is 1.84. The van der Waals surface area contributed by atoms with Crippen LogP contribution in [0.2, 0.25) is 0 Å². The largest absolute Gasteiger partial charge is 0.472 e. The van der Waals surface area contributed by atoms with Crippen molar-refractivity contribution in [2.75, 3.05) is 13.1 Å². The van der Waals surface area contributed by atoms with Gasteiger partial charge in [0.2, 0.25) is 0 Å². The van der Waals surface area contributed by atoms with E-state index in [4.69, 9.17) is 4.42 Å². The Morgan fingerprint density at radius 2 is 2.46 bits per heavy atom. The first-order valence-corrected chi connectivity index (χ1v) is 4.67. The maximum atomic E-state index is 5.04. The van der Waals surface area contributed by atoms with E-state index >= 15 is 0 Å². The Bertz CT molecular complexity index is 217. The van der Waals surface area contributed by atoms with Crippen LogP contribution in [-0.4, -0.2) is 13.1 Å². The summed E-state index contributed by atoms with van der Waals surface area (Å²) in [7, 11) is 0. The van der Waals surface area contributed by atoms with Gasteiger partial charge in [0.15, 0.2) is 0 Å². The third kappa shape index (κ3) is 3.05. The van der Waals surface area contributed by atoms with Crippen LogP contribution >= 0.6 is 12.4 Å². The Hall–Kier alpha value is -0.470. The zero-order valence-electron chi connectivity index (χ0n) is 7.66. The van der Waals surface area contributed by atoms with E-state index in [1.165, 1.54) is 37.9 Å². The van der Waals surface area contributed by atoms with Crippen LogP contribution in [0.3, 0.4) is 0 Å². The van der Waals surface area contributed by atoms with Gasteiger partial charge in [0.1, 0.15) is 0 Å². The highest BCUT2D eigenvalue weighted by Crippen LogP contribution is 2.16. The Balaban J connectivity index is 0.000000845. The lowest BCUT2D eigenvalue weighted by Gasteiger charge is -2.21. The van der Waals surface area contributed by atoms with Gasteiger partial charge in [0, 0.05) is 0 Å². The van der Waals surface area contributed by atoms with Crippen LogP contribution in [0, 0.1) is 5.92 Å². The number of piperidine rings is 1. The van der Waals surface area contributed by atoms with Crippen molar-refractivity contribution in [3.8, 4) is 0 Å². The van der Waals surface area contributed by atoms with E-state index in [2.05, 4.69) is 11.4 Å². The van der Waals surface area contributed by atoms with Gasteiger partial charge in [-0.25, -0.2) is 0 Å². The molecule has 1 N–H and O–H groups in total. The summed E-state index contributed by atoms with van der Waals surface area (Å²) in [6, 6.07) is 2.06. The predicted octanol–water partition coefficient (Wildman–Crippen LogP) is 2.24. The third-order valence-electron chi connectivity index (χ3n) is 2.50. The van der Waals surface area contributed by atoms with Crippen LogP contribution in [0.4, 0.5) is 0 Å². The number of hydrogen-bond acceptors (Lipinski definition) is 2. The van der Waals surface area contributed by atoms with Gasteiger partial charge in [0.25, 0.3) is 0 Å². The summed E-state index contributed by atoms with van der Waals surface area (Å²) >= 11 is 0. The second-order valence-electron chi connectivity index (χ2n) is 3.55. The highest BCUT2D eigenvalue weighted by molar-refractivity contribution is 5.85. The Morgan fingerprint density at radius 3 is 3.08 bits per heavy atom. The van der Waals surface area contributed by atoms with Crippen molar-refractivity contribution in [2.45, 2.75) is 19.3 Å². The van der Waals surface area contributed by atoms with Crippen molar-refractivity contribution in [3.05, 3.63) is 24.2 Å². The van der Waals surface area contributed by atoms with Crippen LogP contribution in [0.1, 0.15) is 18.4 Å². The molecule has 1 atom stereocenters. The lowest BCUT2D eigenvalue weighted by molar-refractivity contribution is 0.375. The van der Waals surface area contributed by atoms with Gasteiger partial charge in [-0.2, -0.15) is 0 Å². The molecule has 1 fully saturated rings. The summed E-state index contributed by atoms with van der Waals surface area (Å²) in [5, 5.41) is 3.42. The molecule has 0 aliphatic carbocycles. The average molecular weight is 202 g/mol. The summed E-state index contributed by atoms with van der Waals surface area (Å²) in [6.07, 6.45) is 7.46. The Labute approximate surface area is 85.1 Å². The normalized spacial score (nSPS) is 22.3. The van der Waals surface area contributed by atoms with Gasteiger partial charge in [0.05, 0.1) is 12.5 Å². The number of furan rings is 1. The molecule has 0 unspecified atom stereocenters. The third-order valence-corrected chi connectivity index (χ3v) is 2.50. The van der Waals surface area contributed by atoms with Gasteiger partial charge in [-0.15, -0.1) is 12.4 Å². The van der Waals surface area contributed by atoms with E-state index in [0.717, 1.165) is 5.92 Å². The molecule has 74 valence electrons. The fraction of sp³-hybridized carbons (Fsp3) is 0.600. The molecule has 0 spiro atoms. The molecule has 1 saturated heterocycles. The number of halogens is 1. The second-order valence-corrected chi connectivity index (χ2v) is 3.55. The molecule has 0 aromatic carbocycles. The van der Waals surface area contributed by atoms with Crippen molar-refractivity contribution in [2.24, 2.45) is 5.92 Å². The number of nitrogens with one attached hydrogen (secondary N) is 1. The maximum Gasteiger partial charge on any atom is 0.0934 e. The first-order valence-electron chi connectivity index (χ1n) is 4.67. The molecule has 2 rings (SSSR count). The van der Waals surface area contributed by atoms with Gasteiger partial charge >= 0.3 is 0 Å². The SMILES string of the molecule is Cl.c1cc(C[C@H]2CCCNC2)co1. The van der Waals surface area contributed by atoms with E-state index in [-0.39, 0.29) is 12.4 Å². The molecule has 1 aromatic heterocycles. The lowest BCUT2D eigenvalue weighted by atomic mass is 9.94. The smallest absolute Gasteiger partial charge is 0.0934 e. The van der Waals surface area contributed by atoms with Crippen LogP contribution < -0.4 is 5.32 Å². The molecule has 1 aliphatic rings. The van der Waals surface area contributed by atoms with Crippen molar-refractivity contribution in [1.82, 2.24) is 5.32 Å². The van der Waals surface area contributed by atoms with Crippen molar-refractivity contribution in [3.63, 3.8) is 0 Å². The molecule has 0 bridgehead atoms. The number of rotatable bonds is 2. The zero-order chi connectivity index (χ0) is 8.23. The van der Waals surface area contributed by atoms with E-state index in [0.29, 0.717) is 0 Å². The summed E-state index contributed by atoms with van der Waals surface area (Å²) in [4.78, 5) is 0. The minimum absolute atomic E-state index is 0. The molecule has 0 saturated carbocycles. The van der Waals surface area contributed by atoms with Crippen molar-refractivity contribution < 1.29 is 4.42 Å². The first-order chi connectivity index (χ1) is 5.95. The van der Waals surface area contributed by atoms with Crippen LogP contribution in [0.5, 0.6) is 0 Å². The molecular weight excluding hydrogens is 186 g/mol. The first kappa shape index (κ1) is 10.6. The van der Waals surface area contributed by atoms with Gasteiger partial charge < -0.3 is 9.73 Å². The highest BCUT2D eigenvalue weighted by atomic mass is 35.5. The van der Waals surface area contributed by atoms with E-state index < -0.39 is 0 Å². The summed E-state index contributed by atoms with van der Waals surface area (Å²) < 4.78 is 5.04. The van der Waals surface area contributed by atoms with E-state index in [9.17, 15) is 0 Å². The van der Waals surface area contributed by atoms with Crippen LogP contribution in [-0.2, 0) is 6.42 Å². The number of hydrogen-bond donors (Lipinski definition) is 1. The molecule has 1 aromatic rings. The predicted molar refractivity (Wildman–Crippen MR) is 55.3 cm³/mol. The van der Waals surface area contributed by atoms with Crippen LogP contribution in [0.15, 0.2) is 23.0 Å². The van der Waals surface area contributed by atoms with Gasteiger partial charge in [-0.1, -0.05) is 0 Å². The lowest BCUT2D eigenvalue weighted by Crippen LogP contribution is -2.30. The Morgan fingerprint density at radius 1 is 1.54 bits per heavy atom. The molecule has 13 heavy (non-hydrogen) atoms. The molecule has 0 amide bonds. The maximum absolute atomic E-state index is 5.04. The minimum Gasteiger partial charge on any atom is -0.472 e. The van der Waals surface area contributed by atoms with Crippen molar-refractivity contribution in [1.29, 1.82) is 0 Å². The van der Waals surface area contributed by atoms with Gasteiger partial charge in [-0.05, 0) is 49.9 Å². The van der Waals surface area contributed by atoms with Crippen molar-refractivity contribution >= 4 is 12.4 Å². The Kier molecular flexibility index (Phi) is 4.33. The second kappa shape index (κ2) is 5.30. The zero-order valence-corrected chi connectivity index (χ0v) is 8.48.